The fraction of sp³-hybridized carbons (Fsp3) is 0.462. The topological polar surface area (TPSA) is 130 Å². The largest absolute Gasteiger partial charge is 0.352 e. The van der Waals surface area contributed by atoms with Gasteiger partial charge in [0.1, 0.15) is 12.6 Å². The van der Waals surface area contributed by atoms with Gasteiger partial charge in [0, 0.05) is 24.7 Å². The Labute approximate surface area is 217 Å². The zero-order valence-corrected chi connectivity index (χ0v) is 22.2. The SMILES string of the molecule is CC[C@H](C(=O)NC1CCCC1)N(Cc1ccccc1)C(=O)CN(c1cc([N+](=O)[O-])ccc1C)S(C)(=O)=O. The average Bonchev–Trinajstić information content (AvgIpc) is 3.35. The first-order chi connectivity index (χ1) is 17.5. The van der Waals surface area contributed by atoms with Crippen molar-refractivity contribution in [1.29, 1.82) is 0 Å². The van der Waals surface area contributed by atoms with E-state index in [1.54, 1.807) is 6.92 Å². The number of nitrogens with one attached hydrogen (secondary N) is 1. The zero-order valence-electron chi connectivity index (χ0n) is 21.4. The van der Waals surface area contributed by atoms with Gasteiger partial charge in [-0.1, -0.05) is 56.2 Å². The van der Waals surface area contributed by atoms with Crippen molar-refractivity contribution in [2.75, 3.05) is 17.1 Å². The Morgan fingerprint density at radius 1 is 1.14 bits per heavy atom. The van der Waals surface area contributed by atoms with E-state index in [1.165, 1.54) is 17.0 Å². The molecule has 1 aliphatic rings. The molecule has 2 aromatic rings. The lowest BCUT2D eigenvalue weighted by Gasteiger charge is -2.33. The lowest BCUT2D eigenvalue weighted by Crippen LogP contribution is -2.53. The molecule has 1 N–H and O–H groups in total. The van der Waals surface area contributed by atoms with Crippen LogP contribution in [0.5, 0.6) is 0 Å². The second kappa shape index (κ2) is 12.2. The molecule has 0 bridgehead atoms. The second-order valence-corrected chi connectivity index (χ2v) is 11.3. The van der Waals surface area contributed by atoms with Crippen LogP contribution in [0.15, 0.2) is 48.5 Å². The standard InChI is InChI=1S/C26H34N4O6S/c1-4-23(26(32)27-21-12-8-9-13-21)28(17-20-10-6-5-7-11-20)25(31)18-29(37(3,35)36)24-16-22(30(33)34)15-14-19(24)2/h5-7,10-11,14-16,21,23H,4,8-9,12-13,17-18H2,1-3H3,(H,27,32)/t23-/m1/s1. The van der Waals surface area contributed by atoms with Crippen LogP contribution < -0.4 is 9.62 Å². The molecule has 0 radical (unpaired) electrons. The number of hydrogen-bond acceptors (Lipinski definition) is 6. The number of non-ortho nitro benzene ring substituents is 1. The molecular weight excluding hydrogens is 496 g/mol. The third kappa shape index (κ3) is 7.28. The van der Waals surface area contributed by atoms with Gasteiger partial charge in [-0.25, -0.2) is 8.42 Å². The normalized spacial score (nSPS) is 14.7. The monoisotopic (exact) mass is 530 g/mol. The summed E-state index contributed by atoms with van der Waals surface area (Å²) < 4.78 is 26.5. The van der Waals surface area contributed by atoms with Crippen molar-refractivity contribution in [1.82, 2.24) is 10.2 Å². The summed E-state index contributed by atoms with van der Waals surface area (Å²) in [6.45, 7) is 2.94. The molecular formula is C26H34N4O6S. The molecule has 2 amide bonds. The molecule has 1 aliphatic carbocycles. The highest BCUT2D eigenvalue weighted by Crippen LogP contribution is 2.28. The average molecular weight is 531 g/mol. The number of nitro benzene ring substituents is 1. The Bertz CT molecular complexity index is 1230. The first-order valence-electron chi connectivity index (χ1n) is 12.4. The number of anilines is 1. The number of nitrogens with zero attached hydrogens (tertiary/aromatic N) is 3. The van der Waals surface area contributed by atoms with Crippen LogP contribution in [0, 0.1) is 17.0 Å². The van der Waals surface area contributed by atoms with Gasteiger partial charge in [-0.15, -0.1) is 0 Å². The van der Waals surface area contributed by atoms with Gasteiger partial charge in [-0.05, 0) is 37.3 Å². The van der Waals surface area contributed by atoms with Crippen LogP contribution >= 0.6 is 0 Å². The second-order valence-electron chi connectivity index (χ2n) is 9.42. The number of aryl methyl sites for hydroxylation is 1. The fourth-order valence-electron chi connectivity index (χ4n) is 4.64. The van der Waals surface area contributed by atoms with E-state index in [1.807, 2.05) is 37.3 Å². The van der Waals surface area contributed by atoms with E-state index in [2.05, 4.69) is 5.32 Å². The van der Waals surface area contributed by atoms with E-state index in [-0.39, 0.29) is 29.9 Å². The summed E-state index contributed by atoms with van der Waals surface area (Å²) in [7, 11) is -3.99. The van der Waals surface area contributed by atoms with Crippen molar-refractivity contribution < 1.29 is 22.9 Å². The Kier molecular flexibility index (Phi) is 9.25. The predicted octanol–water partition coefficient (Wildman–Crippen LogP) is 3.54. The molecule has 3 rings (SSSR count). The molecule has 200 valence electrons. The zero-order chi connectivity index (χ0) is 27.2. The molecule has 0 aromatic heterocycles. The highest BCUT2D eigenvalue weighted by molar-refractivity contribution is 7.92. The highest BCUT2D eigenvalue weighted by atomic mass is 32.2. The molecule has 10 nitrogen and oxygen atoms in total. The molecule has 11 heteroatoms. The van der Waals surface area contributed by atoms with Crippen LogP contribution in [0.2, 0.25) is 0 Å². The van der Waals surface area contributed by atoms with Gasteiger partial charge in [0.05, 0.1) is 16.9 Å². The van der Waals surface area contributed by atoms with Crippen LogP contribution in [-0.2, 0) is 26.2 Å². The van der Waals surface area contributed by atoms with E-state index in [9.17, 15) is 28.1 Å². The smallest absolute Gasteiger partial charge is 0.271 e. The lowest BCUT2D eigenvalue weighted by molar-refractivity contribution is -0.384. The number of carbonyl (C=O) groups excluding carboxylic acids is 2. The lowest BCUT2D eigenvalue weighted by atomic mass is 10.1. The summed E-state index contributed by atoms with van der Waals surface area (Å²) in [5, 5.41) is 14.4. The van der Waals surface area contributed by atoms with Crippen molar-refractivity contribution in [3.63, 3.8) is 0 Å². The van der Waals surface area contributed by atoms with Crippen LogP contribution in [-0.4, -0.2) is 54.9 Å². The Balaban J connectivity index is 1.96. The van der Waals surface area contributed by atoms with Crippen molar-refractivity contribution in [2.24, 2.45) is 0 Å². The quantitative estimate of drug-likeness (QED) is 0.349. The first-order valence-corrected chi connectivity index (χ1v) is 14.2. The Morgan fingerprint density at radius 3 is 2.35 bits per heavy atom. The molecule has 2 aromatic carbocycles. The number of rotatable bonds is 11. The van der Waals surface area contributed by atoms with Gasteiger partial charge in [-0.2, -0.15) is 0 Å². The van der Waals surface area contributed by atoms with E-state index in [4.69, 9.17) is 0 Å². The van der Waals surface area contributed by atoms with E-state index >= 15 is 0 Å². The van der Waals surface area contributed by atoms with Crippen molar-refractivity contribution in [2.45, 2.75) is 64.6 Å². The number of amides is 2. The number of hydrogen-bond donors (Lipinski definition) is 1. The number of sulfonamides is 1. The maximum atomic E-state index is 13.8. The molecule has 0 heterocycles. The highest BCUT2D eigenvalue weighted by Gasteiger charge is 2.33. The van der Waals surface area contributed by atoms with Crippen LogP contribution in [0.3, 0.4) is 0 Å². The molecule has 0 aliphatic heterocycles. The van der Waals surface area contributed by atoms with E-state index < -0.39 is 33.4 Å². The molecule has 0 saturated heterocycles. The van der Waals surface area contributed by atoms with Crippen molar-refractivity contribution >= 4 is 33.2 Å². The third-order valence-corrected chi connectivity index (χ3v) is 7.76. The van der Waals surface area contributed by atoms with Crippen molar-refractivity contribution in [3.05, 3.63) is 69.8 Å². The van der Waals surface area contributed by atoms with Gasteiger partial charge in [0.15, 0.2) is 0 Å². The van der Waals surface area contributed by atoms with Crippen LogP contribution in [0.4, 0.5) is 11.4 Å². The van der Waals surface area contributed by atoms with Gasteiger partial charge >= 0.3 is 0 Å². The Hall–Kier alpha value is -3.47. The minimum atomic E-state index is -3.99. The van der Waals surface area contributed by atoms with Crippen LogP contribution in [0.1, 0.15) is 50.2 Å². The molecule has 0 unspecified atom stereocenters. The molecule has 0 spiro atoms. The number of benzene rings is 2. The maximum Gasteiger partial charge on any atom is 0.271 e. The summed E-state index contributed by atoms with van der Waals surface area (Å²) in [5.74, 6) is -0.843. The number of carbonyl (C=O) groups is 2. The van der Waals surface area contributed by atoms with Crippen molar-refractivity contribution in [3.8, 4) is 0 Å². The van der Waals surface area contributed by atoms with Gasteiger partial charge in [0.2, 0.25) is 21.8 Å². The van der Waals surface area contributed by atoms with Gasteiger partial charge < -0.3 is 10.2 Å². The molecule has 37 heavy (non-hydrogen) atoms. The fourth-order valence-corrected chi connectivity index (χ4v) is 5.54. The Morgan fingerprint density at radius 2 is 1.78 bits per heavy atom. The summed E-state index contributed by atoms with van der Waals surface area (Å²) in [6, 6.07) is 12.3. The van der Waals surface area contributed by atoms with E-state index in [0.717, 1.165) is 47.9 Å². The summed E-state index contributed by atoms with van der Waals surface area (Å²) >= 11 is 0. The summed E-state index contributed by atoms with van der Waals surface area (Å²) in [6.07, 6.45) is 5.15. The van der Waals surface area contributed by atoms with Gasteiger partial charge in [0.25, 0.3) is 5.69 Å². The third-order valence-electron chi connectivity index (χ3n) is 6.63. The molecule has 1 fully saturated rings. The summed E-state index contributed by atoms with van der Waals surface area (Å²) in [4.78, 5) is 39.2. The minimum absolute atomic E-state index is 0.0492. The first kappa shape index (κ1) is 28.1. The predicted molar refractivity (Wildman–Crippen MR) is 141 cm³/mol. The maximum absolute atomic E-state index is 13.8. The molecule has 1 atom stereocenters. The molecule has 1 saturated carbocycles. The summed E-state index contributed by atoms with van der Waals surface area (Å²) in [5.41, 5.74) is 1.02. The number of nitro groups is 1. The van der Waals surface area contributed by atoms with E-state index in [0.29, 0.717) is 12.0 Å². The minimum Gasteiger partial charge on any atom is -0.352 e. The van der Waals surface area contributed by atoms with Gasteiger partial charge in [-0.3, -0.25) is 24.0 Å². The van der Waals surface area contributed by atoms with Crippen LogP contribution in [0.25, 0.3) is 0 Å².